The molecule has 1 aliphatic rings. The van der Waals surface area contributed by atoms with Crippen molar-refractivity contribution in [3.05, 3.63) is 16.4 Å². The Morgan fingerprint density at radius 3 is 2.67 bits per heavy atom. The molecule has 0 amide bonds. The first kappa shape index (κ1) is 17.0. The SMILES string of the molecule is CCCNC(c1c(Br)cnn1C(C)C)C(OCC)C1CC1. The normalized spacial score (nSPS) is 18.2. The van der Waals surface area contributed by atoms with Gasteiger partial charge in [-0.1, -0.05) is 6.92 Å². The van der Waals surface area contributed by atoms with Gasteiger partial charge in [0.05, 0.1) is 28.5 Å². The van der Waals surface area contributed by atoms with Crippen LogP contribution < -0.4 is 5.32 Å². The highest BCUT2D eigenvalue weighted by Crippen LogP contribution is 2.41. The number of halogens is 1. The highest BCUT2D eigenvalue weighted by molar-refractivity contribution is 9.10. The predicted octanol–water partition coefficient (Wildman–Crippen LogP) is 4.08. The van der Waals surface area contributed by atoms with E-state index >= 15 is 0 Å². The topological polar surface area (TPSA) is 39.1 Å². The summed E-state index contributed by atoms with van der Waals surface area (Å²) in [4.78, 5) is 0. The van der Waals surface area contributed by atoms with Crippen LogP contribution in [0.4, 0.5) is 0 Å². The molecule has 0 saturated heterocycles. The zero-order valence-corrected chi connectivity index (χ0v) is 15.2. The van der Waals surface area contributed by atoms with E-state index in [4.69, 9.17) is 4.74 Å². The van der Waals surface area contributed by atoms with Gasteiger partial charge in [-0.15, -0.1) is 0 Å². The number of nitrogens with zero attached hydrogens (tertiary/aromatic N) is 2. The lowest BCUT2D eigenvalue weighted by Crippen LogP contribution is -2.38. The van der Waals surface area contributed by atoms with E-state index in [2.05, 4.69) is 58.7 Å². The van der Waals surface area contributed by atoms with E-state index in [1.165, 1.54) is 18.5 Å². The molecule has 1 aromatic heterocycles. The molecule has 0 aromatic carbocycles. The van der Waals surface area contributed by atoms with Crippen LogP contribution in [0.3, 0.4) is 0 Å². The summed E-state index contributed by atoms with van der Waals surface area (Å²) in [6.07, 6.45) is 5.83. The number of hydrogen-bond acceptors (Lipinski definition) is 3. The first-order valence-corrected chi connectivity index (χ1v) is 8.97. The van der Waals surface area contributed by atoms with E-state index in [9.17, 15) is 0 Å². The van der Waals surface area contributed by atoms with Crippen molar-refractivity contribution < 1.29 is 4.74 Å². The second-order valence-electron chi connectivity index (χ2n) is 6.11. The summed E-state index contributed by atoms with van der Waals surface area (Å²) in [7, 11) is 0. The third kappa shape index (κ3) is 4.08. The van der Waals surface area contributed by atoms with Gasteiger partial charge in [-0.2, -0.15) is 5.10 Å². The van der Waals surface area contributed by atoms with Gasteiger partial charge in [0.15, 0.2) is 0 Å². The van der Waals surface area contributed by atoms with Crippen molar-refractivity contribution >= 4 is 15.9 Å². The molecule has 1 N–H and O–H groups in total. The maximum Gasteiger partial charge on any atom is 0.0813 e. The summed E-state index contributed by atoms with van der Waals surface area (Å²) in [6.45, 7) is 10.4. The monoisotopic (exact) mass is 357 g/mol. The van der Waals surface area contributed by atoms with Crippen molar-refractivity contribution in [3.63, 3.8) is 0 Å². The van der Waals surface area contributed by atoms with Crippen LogP contribution in [0.1, 0.15) is 64.7 Å². The molecule has 1 heterocycles. The van der Waals surface area contributed by atoms with Crippen molar-refractivity contribution in [1.82, 2.24) is 15.1 Å². The summed E-state index contributed by atoms with van der Waals surface area (Å²) in [5, 5.41) is 8.24. The lowest BCUT2D eigenvalue weighted by Gasteiger charge is -2.30. The lowest BCUT2D eigenvalue weighted by atomic mass is 10.0. The fourth-order valence-corrected chi connectivity index (χ4v) is 3.36. The minimum atomic E-state index is 0.205. The van der Waals surface area contributed by atoms with E-state index in [1.807, 2.05) is 6.20 Å². The van der Waals surface area contributed by atoms with Crippen LogP contribution in [0.5, 0.6) is 0 Å². The van der Waals surface area contributed by atoms with Gasteiger partial charge in [-0.3, -0.25) is 4.68 Å². The van der Waals surface area contributed by atoms with Gasteiger partial charge in [0.2, 0.25) is 0 Å². The molecular weight excluding hydrogens is 330 g/mol. The zero-order valence-electron chi connectivity index (χ0n) is 13.6. The fourth-order valence-electron chi connectivity index (χ4n) is 2.84. The summed E-state index contributed by atoms with van der Waals surface area (Å²) >= 11 is 3.69. The van der Waals surface area contributed by atoms with Crippen molar-refractivity contribution in [2.45, 2.75) is 65.1 Å². The molecule has 0 bridgehead atoms. The van der Waals surface area contributed by atoms with Gasteiger partial charge < -0.3 is 10.1 Å². The average Bonchev–Trinajstić information content (AvgIpc) is 3.21. The summed E-state index contributed by atoms with van der Waals surface area (Å²) in [5.41, 5.74) is 1.23. The molecule has 1 aromatic rings. The Kier molecular flexibility index (Phi) is 6.26. The van der Waals surface area contributed by atoms with Crippen LogP contribution in [0.2, 0.25) is 0 Å². The van der Waals surface area contributed by atoms with Gasteiger partial charge >= 0.3 is 0 Å². The molecule has 4 nitrogen and oxygen atoms in total. The molecule has 21 heavy (non-hydrogen) atoms. The Hall–Kier alpha value is -0.390. The number of hydrogen-bond donors (Lipinski definition) is 1. The second-order valence-corrected chi connectivity index (χ2v) is 6.96. The maximum atomic E-state index is 6.11. The third-order valence-corrected chi connectivity index (χ3v) is 4.57. The maximum absolute atomic E-state index is 6.11. The highest BCUT2D eigenvalue weighted by atomic mass is 79.9. The smallest absolute Gasteiger partial charge is 0.0813 e. The Bertz CT molecular complexity index is 443. The number of ether oxygens (including phenoxy) is 1. The van der Waals surface area contributed by atoms with E-state index in [1.54, 1.807) is 0 Å². The molecule has 2 unspecified atom stereocenters. The summed E-state index contributed by atoms with van der Waals surface area (Å²) in [6, 6.07) is 0.551. The molecule has 2 rings (SSSR count). The molecule has 0 aliphatic heterocycles. The number of aromatic nitrogens is 2. The Balaban J connectivity index is 2.32. The van der Waals surface area contributed by atoms with Crippen molar-refractivity contribution in [2.24, 2.45) is 5.92 Å². The van der Waals surface area contributed by atoms with Crippen LogP contribution in [0, 0.1) is 5.92 Å². The third-order valence-electron chi connectivity index (χ3n) is 3.96. The molecule has 1 fully saturated rings. The Labute approximate surface area is 136 Å². The van der Waals surface area contributed by atoms with E-state index < -0.39 is 0 Å². The van der Waals surface area contributed by atoms with E-state index in [0.29, 0.717) is 12.0 Å². The van der Waals surface area contributed by atoms with Crippen LogP contribution in [0.25, 0.3) is 0 Å². The zero-order chi connectivity index (χ0) is 15.4. The average molecular weight is 358 g/mol. The van der Waals surface area contributed by atoms with E-state index in [0.717, 1.165) is 24.0 Å². The van der Waals surface area contributed by atoms with Crippen LogP contribution in [0.15, 0.2) is 10.7 Å². The van der Waals surface area contributed by atoms with E-state index in [-0.39, 0.29) is 12.1 Å². The molecule has 2 atom stereocenters. The number of rotatable bonds is 9. The summed E-state index contributed by atoms with van der Waals surface area (Å²) in [5.74, 6) is 0.682. The first-order valence-electron chi connectivity index (χ1n) is 8.18. The fraction of sp³-hybridized carbons (Fsp3) is 0.812. The van der Waals surface area contributed by atoms with Crippen LogP contribution >= 0.6 is 15.9 Å². The van der Waals surface area contributed by atoms with Gasteiger partial charge in [0, 0.05) is 12.6 Å². The Morgan fingerprint density at radius 1 is 1.43 bits per heavy atom. The molecule has 5 heteroatoms. The predicted molar refractivity (Wildman–Crippen MR) is 89.5 cm³/mol. The minimum Gasteiger partial charge on any atom is -0.376 e. The molecular formula is C16H28BrN3O. The van der Waals surface area contributed by atoms with Gasteiger partial charge in [0.25, 0.3) is 0 Å². The summed E-state index contributed by atoms with van der Waals surface area (Å²) < 4.78 is 9.31. The van der Waals surface area contributed by atoms with Gasteiger partial charge in [-0.05, 0) is 68.4 Å². The van der Waals surface area contributed by atoms with Crippen molar-refractivity contribution in [1.29, 1.82) is 0 Å². The highest BCUT2D eigenvalue weighted by Gasteiger charge is 2.40. The quantitative estimate of drug-likeness (QED) is 0.723. The molecule has 0 spiro atoms. The van der Waals surface area contributed by atoms with Gasteiger partial charge in [-0.25, -0.2) is 0 Å². The van der Waals surface area contributed by atoms with Crippen molar-refractivity contribution in [2.75, 3.05) is 13.2 Å². The lowest BCUT2D eigenvalue weighted by molar-refractivity contribution is 0.0159. The first-order chi connectivity index (χ1) is 10.1. The number of nitrogens with one attached hydrogen (secondary N) is 1. The molecule has 1 saturated carbocycles. The molecule has 1 aliphatic carbocycles. The second kappa shape index (κ2) is 7.75. The Morgan fingerprint density at radius 2 is 2.14 bits per heavy atom. The van der Waals surface area contributed by atoms with Crippen molar-refractivity contribution in [3.8, 4) is 0 Å². The standard InChI is InChI=1S/C16H28BrN3O/c1-5-9-18-14(16(21-6-2)12-7-8-12)15-13(17)10-19-20(15)11(3)4/h10-12,14,16,18H,5-9H2,1-4H3. The van der Waals surface area contributed by atoms with Crippen LogP contribution in [-0.2, 0) is 4.74 Å². The largest absolute Gasteiger partial charge is 0.376 e. The molecule has 0 radical (unpaired) electrons. The minimum absolute atomic E-state index is 0.205. The van der Waals surface area contributed by atoms with Gasteiger partial charge in [0.1, 0.15) is 0 Å². The molecule has 120 valence electrons. The van der Waals surface area contributed by atoms with Crippen LogP contribution in [-0.4, -0.2) is 29.0 Å².